The lowest BCUT2D eigenvalue weighted by Gasteiger charge is -2.29. The van der Waals surface area contributed by atoms with Gasteiger partial charge in [-0.15, -0.1) is 0 Å². The molecule has 0 unspecified atom stereocenters. The second-order valence-electron chi connectivity index (χ2n) is 8.95. The minimum absolute atomic E-state index is 0.00427. The van der Waals surface area contributed by atoms with Crippen LogP contribution in [0.4, 0.5) is 5.69 Å². The van der Waals surface area contributed by atoms with Gasteiger partial charge in [-0.3, -0.25) is 14.2 Å². The predicted molar refractivity (Wildman–Crippen MR) is 129 cm³/mol. The van der Waals surface area contributed by atoms with Crippen molar-refractivity contribution in [2.75, 3.05) is 38.3 Å². The Kier molecular flexibility index (Phi) is 6.13. The highest BCUT2D eigenvalue weighted by Crippen LogP contribution is 2.20. The zero-order valence-corrected chi connectivity index (χ0v) is 19.1. The second kappa shape index (κ2) is 9.35. The normalized spacial score (nSPS) is 16.3. The van der Waals surface area contributed by atoms with Gasteiger partial charge in [-0.1, -0.05) is 18.6 Å². The summed E-state index contributed by atoms with van der Waals surface area (Å²) in [4.78, 5) is 34.8. The van der Waals surface area contributed by atoms with Crippen molar-refractivity contribution in [2.24, 2.45) is 0 Å². The van der Waals surface area contributed by atoms with E-state index in [2.05, 4.69) is 29.2 Å². The van der Waals surface area contributed by atoms with Gasteiger partial charge in [0.2, 0.25) is 0 Å². The molecular formula is C26H30N4O3. The van der Waals surface area contributed by atoms with Crippen LogP contribution >= 0.6 is 0 Å². The maximum atomic E-state index is 13.1. The van der Waals surface area contributed by atoms with Crippen molar-refractivity contribution in [2.45, 2.75) is 38.8 Å². The average Bonchev–Trinajstić information content (AvgIpc) is 3.10. The lowest BCUT2D eigenvalue weighted by molar-refractivity contribution is 0.0785. The Morgan fingerprint density at radius 2 is 1.82 bits per heavy atom. The van der Waals surface area contributed by atoms with E-state index in [1.54, 1.807) is 23.1 Å². The fraction of sp³-hybridized carbons (Fsp3) is 0.423. The van der Waals surface area contributed by atoms with Crippen molar-refractivity contribution in [3.05, 3.63) is 69.8 Å². The molecule has 33 heavy (non-hydrogen) atoms. The van der Waals surface area contributed by atoms with Crippen LogP contribution in [0.5, 0.6) is 0 Å². The van der Waals surface area contributed by atoms with E-state index in [0.29, 0.717) is 23.0 Å². The number of hydrogen-bond acceptors (Lipinski definition) is 5. The number of aryl methyl sites for hydroxylation is 1. The van der Waals surface area contributed by atoms with Gasteiger partial charge in [0.1, 0.15) is 5.82 Å². The Labute approximate surface area is 193 Å². The first-order valence-corrected chi connectivity index (χ1v) is 11.8. The van der Waals surface area contributed by atoms with Gasteiger partial charge in [-0.2, -0.15) is 0 Å². The molecule has 0 saturated carbocycles. The molecule has 1 amide bonds. The van der Waals surface area contributed by atoms with E-state index < -0.39 is 0 Å². The lowest BCUT2D eigenvalue weighted by Crippen LogP contribution is -2.36. The molecule has 0 bridgehead atoms. The summed E-state index contributed by atoms with van der Waals surface area (Å²) in [6.45, 7) is 4.57. The molecule has 0 radical (unpaired) electrons. The monoisotopic (exact) mass is 446 g/mol. The SMILES string of the molecule is CN(Cc1ccc(N2CCOCC2)cc1)C(=O)c1ccc2c(=O)n3c(nc2c1)CCCCC3. The molecule has 0 N–H and O–H groups in total. The Morgan fingerprint density at radius 1 is 1.03 bits per heavy atom. The highest BCUT2D eigenvalue weighted by atomic mass is 16.5. The molecule has 5 rings (SSSR count). The number of morpholine rings is 1. The van der Waals surface area contributed by atoms with Crippen LogP contribution in [-0.4, -0.2) is 53.7 Å². The van der Waals surface area contributed by atoms with Crippen molar-refractivity contribution in [1.29, 1.82) is 0 Å². The summed E-state index contributed by atoms with van der Waals surface area (Å²) < 4.78 is 7.23. The Balaban J connectivity index is 1.33. The second-order valence-corrected chi connectivity index (χ2v) is 8.95. The topological polar surface area (TPSA) is 67.7 Å². The van der Waals surface area contributed by atoms with Crippen molar-refractivity contribution in [3.8, 4) is 0 Å². The third-order valence-corrected chi connectivity index (χ3v) is 6.64. The standard InChI is InChI=1S/C26H30N4O3/c1-28(18-19-6-9-21(10-7-19)29-13-15-33-16-14-29)25(31)20-8-11-22-23(17-20)27-24-5-3-2-4-12-30(24)26(22)32/h6-11,17H,2-5,12-16,18H2,1H3. The molecule has 3 heterocycles. The Hall–Kier alpha value is -3.19. The van der Waals surface area contributed by atoms with Gasteiger partial charge >= 0.3 is 0 Å². The van der Waals surface area contributed by atoms with Crippen molar-refractivity contribution < 1.29 is 9.53 Å². The smallest absolute Gasteiger partial charge is 0.261 e. The summed E-state index contributed by atoms with van der Waals surface area (Å²) in [6, 6.07) is 13.6. The molecule has 2 aliphatic rings. The van der Waals surface area contributed by atoms with Crippen LogP contribution in [0, 0.1) is 0 Å². The number of rotatable bonds is 4. The molecule has 0 aliphatic carbocycles. The van der Waals surface area contributed by atoms with Gasteiger partial charge in [0.05, 0.1) is 24.1 Å². The molecule has 0 spiro atoms. The summed E-state index contributed by atoms with van der Waals surface area (Å²) >= 11 is 0. The minimum atomic E-state index is -0.0778. The van der Waals surface area contributed by atoms with Crippen LogP contribution in [0.15, 0.2) is 47.3 Å². The van der Waals surface area contributed by atoms with E-state index in [1.807, 2.05) is 11.6 Å². The van der Waals surface area contributed by atoms with Gasteiger partial charge in [0.15, 0.2) is 0 Å². The Bertz CT molecular complexity index is 1210. The highest BCUT2D eigenvalue weighted by Gasteiger charge is 2.18. The minimum Gasteiger partial charge on any atom is -0.378 e. The molecule has 7 heteroatoms. The molecule has 172 valence electrons. The van der Waals surface area contributed by atoms with Gasteiger partial charge in [0.25, 0.3) is 11.5 Å². The van der Waals surface area contributed by atoms with Crippen molar-refractivity contribution in [1.82, 2.24) is 14.5 Å². The van der Waals surface area contributed by atoms with Crippen LogP contribution in [0.2, 0.25) is 0 Å². The maximum absolute atomic E-state index is 13.1. The zero-order chi connectivity index (χ0) is 22.8. The van der Waals surface area contributed by atoms with Crippen LogP contribution in [0.1, 0.15) is 41.0 Å². The van der Waals surface area contributed by atoms with Crippen LogP contribution < -0.4 is 10.5 Å². The largest absolute Gasteiger partial charge is 0.378 e. The third-order valence-electron chi connectivity index (χ3n) is 6.64. The van der Waals surface area contributed by atoms with E-state index in [-0.39, 0.29) is 11.5 Å². The van der Waals surface area contributed by atoms with E-state index in [4.69, 9.17) is 9.72 Å². The lowest BCUT2D eigenvalue weighted by atomic mass is 10.1. The number of ether oxygens (including phenoxy) is 1. The fourth-order valence-corrected chi connectivity index (χ4v) is 4.75. The van der Waals surface area contributed by atoms with Gasteiger partial charge in [-0.05, 0) is 48.7 Å². The molecule has 1 saturated heterocycles. The molecule has 0 atom stereocenters. The highest BCUT2D eigenvalue weighted by molar-refractivity contribution is 5.97. The van der Waals surface area contributed by atoms with Gasteiger partial charge < -0.3 is 14.5 Å². The summed E-state index contributed by atoms with van der Waals surface area (Å²) in [5.41, 5.74) is 3.43. The third kappa shape index (κ3) is 4.50. The maximum Gasteiger partial charge on any atom is 0.261 e. The molecule has 3 aromatic rings. The number of aromatic nitrogens is 2. The quantitative estimate of drug-likeness (QED) is 0.616. The number of carbonyl (C=O) groups excluding carboxylic acids is 1. The van der Waals surface area contributed by atoms with E-state index >= 15 is 0 Å². The number of hydrogen-bond donors (Lipinski definition) is 0. The molecule has 1 fully saturated rings. The van der Waals surface area contributed by atoms with Gasteiger partial charge in [0, 0.05) is 50.9 Å². The number of nitrogens with zero attached hydrogens (tertiary/aromatic N) is 4. The van der Waals surface area contributed by atoms with E-state index in [0.717, 1.165) is 69.9 Å². The van der Waals surface area contributed by atoms with Gasteiger partial charge in [-0.25, -0.2) is 4.98 Å². The molecule has 2 aliphatic heterocycles. The molecule has 7 nitrogen and oxygen atoms in total. The number of amides is 1. The van der Waals surface area contributed by atoms with E-state index in [9.17, 15) is 9.59 Å². The molecule has 1 aromatic heterocycles. The summed E-state index contributed by atoms with van der Waals surface area (Å²) in [7, 11) is 1.81. The summed E-state index contributed by atoms with van der Waals surface area (Å²) in [5.74, 6) is 0.759. The average molecular weight is 447 g/mol. The summed E-state index contributed by atoms with van der Waals surface area (Å²) in [6.07, 6.45) is 3.98. The van der Waals surface area contributed by atoms with E-state index in [1.165, 1.54) is 5.69 Å². The van der Waals surface area contributed by atoms with Crippen LogP contribution in [0.25, 0.3) is 10.9 Å². The number of fused-ring (bicyclic) bond motifs is 2. The van der Waals surface area contributed by atoms with Crippen LogP contribution in [0.3, 0.4) is 0 Å². The van der Waals surface area contributed by atoms with Crippen molar-refractivity contribution in [3.63, 3.8) is 0 Å². The Morgan fingerprint density at radius 3 is 2.61 bits per heavy atom. The number of carbonyl (C=O) groups is 1. The summed E-state index contributed by atoms with van der Waals surface area (Å²) in [5, 5.41) is 0.582. The van der Waals surface area contributed by atoms with Crippen molar-refractivity contribution >= 4 is 22.5 Å². The first-order valence-electron chi connectivity index (χ1n) is 11.8. The zero-order valence-electron chi connectivity index (χ0n) is 19.1. The number of anilines is 1. The molecular weight excluding hydrogens is 416 g/mol. The van der Waals surface area contributed by atoms with Crippen LogP contribution in [-0.2, 0) is 24.2 Å². The fourth-order valence-electron chi connectivity index (χ4n) is 4.75. The first-order chi connectivity index (χ1) is 16.1. The number of benzene rings is 2. The first kappa shape index (κ1) is 21.6. The molecule has 2 aromatic carbocycles. The predicted octanol–water partition coefficient (Wildman–Crippen LogP) is 3.23.